The first-order valence-corrected chi connectivity index (χ1v) is 11.3. The number of benzene rings is 3. The monoisotopic (exact) mass is 453 g/mol. The third kappa shape index (κ3) is 4.70. The number of hydrogen-bond donors (Lipinski definition) is 1. The lowest BCUT2D eigenvalue weighted by Gasteiger charge is -2.27. The summed E-state index contributed by atoms with van der Waals surface area (Å²) in [5.41, 5.74) is 8.29. The Bertz CT molecular complexity index is 1330. The third-order valence-corrected chi connectivity index (χ3v) is 5.82. The molecule has 1 aliphatic rings. The maximum Gasteiger partial charge on any atom is 0.228 e. The summed E-state index contributed by atoms with van der Waals surface area (Å²) in [7, 11) is 1.68. The summed E-state index contributed by atoms with van der Waals surface area (Å²) in [6.07, 6.45) is 1.81. The van der Waals surface area contributed by atoms with Gasteiger partial charge in [0.15, 0.2) is 5.82 Å². The minimum absolute atomic E-state index is 0.660. The largest absolute Gasteiger partial charge is 0.497 e. The Balaban J connectivity index is 1.59. The van der Waals surface area contributed by atoms with Gasteiger partial charge in [0, 0.05) is 24.0 Å². The van der Waals surface area contributed by atoms with Crippen LogP contribution in [-0.2, 0) is 4.74 Å². The van der Waals surface area contributed by atoms with Crippen LogP contribution in [0.2, 0.25) is 0 Å². The van der Waals surface area contributed by atoms with E-state index in [9.17, 15) is 0 Å². The van der Waals surface area contributed by atoms with Gasteiger partial charge in [0.05, 0.1) is 32.1 Å². The minimum atomic E-state index is 0.660. The maximum atomic E-state index is 5.53. The summed E-state index contributed by atoms with van der Waals surface area (Å²) in [6, 6.07) is 22.3. The number of nitrogens with one attached hydrogen (secondary N) is 1. The topological polar surface area (TPSA) is 71.9 Å². The fraction of sp³-hybridized carbons (Fsp3) is 0.222. The van der Waals surface area contributed by atoms with Crippen molar-refractivity contribution in [3.05, 3.63) is 77.9 Å². The maximum absolute atomic E-state index is 5.53. The smallest absolute Gasteiger partial charge is 0.228 e. The van der Waals surface area contributed by atoms with Crippen LogP contribution < -0.4 is 15.1 Å². The van der Waals surface area contributed by atoms with Crippen molar-refractivity contribution in [3.8, 4) is 16.9 Å². The van der Waals surface area contributed by atoms with E-state index in [0.717, 1.165) is 46.4 Å². The summed E-state index contributed by atoms with van der Waals surface area (Å²) >= 11 is 0. The second-order valence-corrected chi connectivity index (χ2v) is 8.19. The van der Waals surface area contributed by atoms with Crippen LogP contribution in [-0.4, -0.2) is 49.6 Å². The van der Waals surface area contributed by atoms with E-state index in [4.69, 9.17) is 19.4 Å². The van der Waals surface area contributed by atoms with E-state index in [1.165, 1.54) is 5.56 Å². The molecule has 1 aromatic heterocycles. The Morgan fingerprint density at radius 2 is 1.82 bits per heavy atom. The molecule has 1 N–H and O–H groups in total. The molecule has 0 bridgehead atoms. The van der Waals surface area contributed by atoms with Crippen molar-refractivity contribution in [1.29, 1.82) is 0 Å². The Labute approximate surface area is 199 Å². The van der Waals surface area contributed by atoms with Crippen molar-refractivity contribution < 1.29 is 9.47 Å². The Hall–Kier alpha value is -3.97. The zero-order valence-corrected chi connectivity index (χ0v) is 19.4. The van der Waals surface area contributed by atoms with E-state index in [1.807, 2.05) is 42.5 Å². The van der Waals surface area contributed by atoms with Crippen molar-refractivity contribution in [2.75, 3.05) is 43.7 Å². The number of aryl methyl sites for hydroxylation is 1. The fourth-order valence-electron chi connectivity index (χ4n) is 4.07. The normalized spacial score (nSPS) is 14.0. The zero-order chi connectivity index (χ0) is 23.3. The molecule has 1 aliphatic heterocycles. The lowest BCUT2D eigenvalue weighted by molar-refractivity contribution is 0.122. The lowest BCUT2D eigenvalue weighted by Crippen LogP contribution is -2.37. The van der Waals surface area contributed by atoms with Gasteiger partial charge in [-0.2, -0.15) is 10.1 Å². The number of nitrogens with zero attached hydrogens (tertiary/aromatic N) is 4. The summed E-state index contributed by atoms with van der Waals surface area (Å²) in [5.74, 6) is 2.14. The highest BCUT2D eigenvalue weighted by Gasteiger charge is 2.18. The molecule has 1 saturated heterocycles. The average molecular weight is 454 g/mol. The first-order valence-electron chi connectivity index (χ1n) is 11.3. The summed E-state index contributed by atoms with van der Waals surface area (Å²) in [4.78, 5) is 12.0. The molecule has 2 heterocycles. The number of aromatic nitrogens is 2. The molecule has 0 unspecified atom stereocenters. The molecule has 5 rings (SSSR count). The Kier molecular flexibility index (Phi) is 6.35. The first-order chi connectivity index (χ1) is 16.7. The van der Waals surface area contributed by atoms with E-state index in [0.29, 0.717) is 25.0 Å². The summed E-state index contributed by atoms with van der Waals surface area (Å²) in [5, 5.41) is 5.39. The van der Waals surface area contributed by atoms with Gasteiger partial charge < -0.3 is 14.4 Å². The number of methoxy groups -OCH3 is 1. The van der Waals surface area contributed by atoms with Crippen molar-refractivity contribution >= 4 is 28.9 Å². The molecule has 0 spiro atoms. The van der Waals surface area contributed by atoms with Gasteiger partial charge in [-0.15, -0.1) is 0 Å². The van der Waals surface area contributed by atoms with E-state index < -0.39 is 0 Å². The lowest BCUT2D eigenvalue weighted by atomic mass is 10.0. The molecule has 1 fully saturated rings. The van der Waals surface area contributed by atoms with Crippen LogP contribution >= 0.6 is 0 Å². The van der Waals surface area contributed by atoms with Gasteiger partial charge in [-0.1, -0.05) is 54.1 Å². The summed E-state index contributed by atoms with van der Waals surface area (Å²) < 4.78 is 11.0. The molecule has 3 aromatic carbocycles. The minimum Gasteiger partial charge on any atom is -0.497 e. The van der Waals surface area contributed by atoms with Gasteiger partial charge in [0.25, 0.3) is 0 Å². The molecular formula is C27H27N5O2. The van der Waals surface area contributed by atoms with E-state index in [1.54, 1.807) is 13.3 Å². The SMILES string of the molecule is COc1cccc(-c2cccc3c(N/N=C/c4cccc(C)c4)nc(N4CCOCC4)nc23)c1. The highest BCUT2D eigenvalue weighted by molar-refractivity contribution is 6.00. The second kappa shape index (κ2) is 9.89. The van der Waals surface area contributed by atoms with Crippen LogP contribution in [0.4, 0.5) is 11.8 Å². The number of rotatable bonds is 6. The first kappa shape index (κ1) is 21.9. The number of morpholine rings is 1. The fourth-order valence-corrected chi connectivity index (χ4v) is 4.07. The van der Waals surface area contributed by atoms with Gasteiger partial charge >= 0.3 is 0 Å². The quantitative estimate of drug-likeness (QED) is 0.331. The van der Waals surface area contributed by atoms with Crippen molar-refractivity contribution in [2.45, 2.75) is 6.92 Å². The zero-order valence-electron chi connectivity index (χ0n) is 19.4. The van der Waals surface area contributed by atoms with Gasteiger partial charge in [-0.3, -0.25) is 5.43 Å². The third-order valence-electron chi connectivity index (χ3n) is 5.82. The number of ether oxygens (including phenoxy) is 2. The predicted molar refractivity (Wildman–Crippen MR) is 137 cm³/mol. The molecule has 0 saturated carbocycles. The molecule has 0 aliphatic carbocycles. The standard InChI is InChI=1S/C27H27N5O2/c1-19-6-3-7-20(16-19)18-28-31-26-24-11-5-10-23(21-8-4-9-22(17-21)33-2)25(24)29-27(30-26)32-12-14-34-15-13-32/h3-11,16-18H,12-15H2,1-2H3,(H,29,30,31)/b28-18+. The number of hydrogen-bond acceptors (Lipinski definition) is 7. The van der Waals surface area contributed by atoms with Gasteiger partial charge in [0.1, 0.15) is 5.75 Å². The molecule has 172 valence electrons. The molecule has 0 radical (unpaired) electrons. The predicted octanol–water partition coefficient (Wildman–Crippen LogP) is 4.90. The number of hydrazone groups is 1. The average Bonchev–Trinajstić information content (AvgIpc) is 2.89. The highest BCUT2D eigenvalue weighted by Crippen LogP contribution is 2.33. The van der Waals surface area contributed by atoms with Crippen molar-refractivity contribution in [3.63, 3.8) is 0 Å². The van der Waals surface area contributed by atoms with E-state index >= 15 is 0 Å². The second-order valence-electron chi connectivity index (χ2n) is 8.19. The van der Waals surface area contributed by atoms with Crippen molar-refractivity contribution in [2.24, 2.45) is 5.10 Å². The number of fused-ring (bicyclic) bond motifs is 1. The molecule has 0 amide bonds. The van der Waals surface area contributed by atoms with Crippen LogP contribution in [0.5, 0.6) is 5.75 Å². The Morgan fingerprint density at radius 3 is 2.65 bits per heavy atom. The molecule has 7 heteroatoms. The number of para-hydroxylation sites is 1. The van der Waals surface area contributed by atoms with Crippen LogP contribution in [0.1, 0.15) is 11.1 Å². The van der Waals surface area contributed by atoms with E-state index in [-0.39, 0.29) is 0 Å². The van der Waals surface area contributed by atoms with Crippen LogP contribution in [0.25, 0.3) is 22.0 Å². The molecule has 4 aromatic rings. The number of anilines is 2. The van der Waals surface area contributed by atoms with Crippen molar-refractivity contribution in [1.82, 2.24) is 9.97 Å². The van der Waals surface area contributed by atoms with Crippen LogP contribution in [0.3, 0.4) is 0 Å². The van der Waals surface area contributed by atoms with Gasteiger partial charge in [-0.05, 0) is 36.2 Å². The van der Waals surface area contributed by atoms with Gasteiger partial charge in [-0.25, -0.2) is 4.98 Å². The molecule has 34 heavy (non-hydrogen) atoms. The molecule has 0 atom stereocenters. The highest BCUT2D eigenvalue weighted by atomic mass is 16.5. The summed E-state index contributed by atoms with van der Waals surface area (Å²) in [6.45, 7) is 4.88. The van der Waals surface area contributed by atoms with Crippen LogP contribution in [0, 0.1) is 6.92 Å². The molecular weight excluding hydrogens is 426 g/mol. The van der Waals surface area contributed by atoms with Gasteiger partial charge in [0.2, 0.25) is 5.95 Å². The van der Waals surface area contributed by atoms with Crippen LogP contribution in [0.15, 0.2) is 71.8 Å². The Morgan fingerprint density at radius 1 is 1.00 bits per heavy atom. The molecule has 7 nitrogen and oxygen atoms in total. The van der Waals surface area contributed by atoms with E-state index in [2.05, 4.69) is 46.6 Å².